The van der Waals surface area contributed by atoms with E-state index >= 15 is 0 Å². The monoisotopic (exact) mass is 508 g/mol. The summed E-state index contributed by atoms with van der Waals surface area (Å²) >= 11 is 0. The van der Waals surface area contributed by atoms with Crippen LogP contribution in [0.1, 0.15) is 26.2 Å². The Morgan fingerprint density at radius 2 is 1.64 bits per heavy atom. The molecule has 2 aliphatic rings. The summed E-state index contributed by atoms with van der Waals surface area (Å²) in [4.78, 5) is 35.9. The number of halogens is 1. The van der Waals surface area contributed by atoms with Gasteiger partial charge in [-0.2, -0.15) is 0 Å². The minimum Gasteiger partial charge on any atom is -0.356 e. The lowest BCUT2D eigenvalue weighted by atomic mass is 9.97. The van der Waals surface area contributed by atoms with Crippen molar-refractivity contribution in [1.29, 1.82) is 0 Å². The van der Waals surface area contributed by atoms with E-state index in [0.717, 1.165) is 71.2 Å². The molecule has 1 N–H and O–H groups in total. The van der Waals surface area contributed by atoms with Gasteiger partial charge in [-0.15, -0.1) is 24.0 Å². The molecule has 0 aliphatic carbocycles. The van der Waals surface area contributed by atoms with E-state index in [4.69, 9.17) is 0 Å². The number of amides is 2. The summed E-state index contributed by atoms with van der Waals surface area (Å²) in [6.07, 6.45) is 2.69. The van der Waals surface area contributed by atoms with E-state index in [0.29, 0.717) is 12.3 Å². The van der Waals surface area contributed by atoms with Gasteiger partial charge in [-0.05, 0) is 18.8 Å². The highest BCUT2D eigenvalue weighted by Gasteiger charge is 2.23. The molecule has 0 bridgehead atoms. The lowest BCUT2D eigenvalue weighted by Gasteiger charge is -2.37. The molecule has 0 spiro atoms. The first-order valence-electron chi connectivity index (χ1n) is 10.0. The molecule has 2 amide bonds. The second-order valence-electron chi connectivity index (χ2n) is 7.74. The normalized spacial score (nSPS) is 19.2. The summed E-state index contributed by atoms with van der Waals surface area (Å²) in [5.74, 6) is 1.93. The van der Waals surface area contributed by atoms with E-state index in [1.165, 1.54) is 0 Å². The molecule has 0 aromatic heterocycles. The maximum Gasteiger partial charge on any atom is 0.223 e. The number of hydrogen-bond acceptors (Lipinski definition) is 4. The van der Waals surface area contributed by atoms with Crippen LogP contribution >= 0.6 is 24.0 Å². The third kappa shape index (κ3) is 7.73. The Kier molecular flexibility index (Phi) is 11.1. The number of carbonyl (C=O) groups is 2. The van der Waals surface area contributed by atoms with Crippen LogP contribution in [0.3, 0.4) is 0 Å². The minimum absolute atomic E-state index is 0. The third-order valence-corrected chi connectivity index (χ3v) is 5.63. The minimum atomic E-state index is 0. The highest BCUT2D eigenvalue weighted by Crippen LogP contribution is 2.16. The molecule has 2 rings (SSSR count). The number of guanidine groups is 1. The molecule has 0 saturated carbocycles. The first kappa shape index (κ1) is 24.9. The van der Waals surface area contributed by atoms with E-state index in [1.807, 2.05) is 11.9 Å². The van der Waals surface area contributed by atoms with Crippen molar-refractivity contribution in [3.63, 3.8) is 0 Å². The van der Waals surface area contributed by atoms with E-state index in [2.05, 4.69) is 20.1 Å². The molecule has 9 heteroatoms. The number of hydrogen-bond donors (Lipinski definition) is 1. The second-order valence-corrected chi connectivity index (χ2v) is 7.74. The second kappa shape index (κ2) is 12.5. The summed E-state index contributed by atoms with van der Waals surface area (Å²) in [5, 5.41) is 3.53. The highest BCUT2D eigenvalue weighted by molar-refractivity contribution is 14.0. The number of likely N-dealkylation sites (tertiary alicyclic amines) is 1. The number of aliphatic imine (C=N–C) groups is 1. The van der Waals surface area contributed by atoms with Gasteiger partial charge in [0.05, 0.1) is 0 Å². The summed E-state index contributed by atoms with van der Waals surface area (Å²) in [6.45, 7) is 8.89. The molecule has 28 heavy (non-hydrogen) atoms. The predicted molar refractivity (Wildman–Crippen MR) is 123 cm³/mol. The van der Waals surface area contributed by atoms with Crippen molar-refractivity contribution in [1.82, 2.24) is 24.9 Å². The van der Waals surface area contributed by atoms with Crippen LogP contribution in [0, 0.1) is 5.92 Å². The quantitative estimate of drug-likeness (QED) is 0.334. The van der Waals surface area contributed by atoms with Gasteiger partial charge in [0.1, 0.15) is 0 Å². The Morgan fingerprint density at radius 1 is 1.04 bits per heavy atom. The fraction of sp³-hybridized carbons (Fsp3) is 0.842. The van der Waals surface area contributed by atoms with Gasteiger partial charge in [0.15, 0.2) is 5.96 Å². The number of nitrogens with zero attached hydrogens (tertiary/aromatic N) is 5. The van der Waals surface area contributed by atoms with Crippen molar-refractivity contribution in [2.75, 3.05) is 73.5 Å². The van der Waals surface area contributed by atoms with Crippen molar-refractivity contribution in [2.24, 2.45) is 10.9 Å². The zero-order chi connectivity index (χ0) is 19.8. The lowest BCUT2D eigenvalue weighted by molar-refractivity contribution is -0.130. The SMILES string of the molecule is CN=C(NCC1CCN(C(C)=O)CC1)N1CCN(CCC(=O)N(C)C)CC1.I. The van der Waals surface area contributed by atoms with E-state index in [1.54, 1.807) is 25.9 Å². The van der Waals surface area contributed by atoms with Crippen LogP contribution in [-0.4, -0.2) is 111 Å². The van der Waals surface area contributed by atoms with Gasteiger partial charge in [-0.25, -0.2) is 0 Å². The van der Waals surface area contributed by atoms with Crippen molar-refractivity contribution in [3.8, 4) is 0 Å². The van der Waals surface area contributed by atoms with E-state index in [9.17, 15) is 9.59 Å². The largest absolute Gasteiger partial charge is 0.356 e. The molecule has 0 radical (unpaired) electrons. The van der Waals surface area contributed by atoms with Gasteiger partial charge < -0.3 is 20.0 Å². The smallest absolute Gasteiger partial charge is 0.223 e. The zero-order valence-corrected chi connectivity index (χ0v) is 20.1. The molecule has 0 unspecified atom stereocenters. The van der Waals surface area contributed by atoms with Crippen LogP contribution < -0.4 is 5.32 Å². The molecule has 2 saturated heterocycles. The average Bonchev–Trinajstić information content (AvgIpc) is 2.67. The Labute approximate surface area is 186 Å². The molecule has 0 atom stereocenters. The summed E-state index contributed by atoms with van der Waals surface area (Å²) < 4.78 is 0. The fourth-order valence-electron chi connectivity index (χ4n) is 3.68. The van der Waals surface area contributed by atoms with Gasteiger partial charge in [0.25, 0.3) is 0 Å². The first-order chi connectivity index (χ1) is 12.9. The topological polar surface area (TPSA) is 71.5 Å². The number of nitrogens with one attached hydrogen (secondary N) is 1. The maximum absolute atomic E-state index is 11.7. The van der Waals surface area contributed by atoms with Crippen molar-refractivity contribution in [3.05, 3.63) is 0 Å². The van der Waals surface area contributed by atoms with Gasteiger partial charge in [-0.3, -0.25) is 19.5 Å². The van der Waals surface area contributed by atoms with Crippen LogP contribution in [0.15, 0.2) is 4.99 Å². The molecule has 8 nitrogen and oxygen atoms in total. The highest BCUT2D eigenvalue weighted by atomic mass is 127. The molecule has 0 aromatic carbocycles. The van der Waals surface area contributed by atoms with Crippen LogP contribution in [0.4, 0.5) is 0 Å². The Morgan fingerprint density at radius 3 is 2.14 bits per heavy atom. The van der Waals surface area contributed by atoms with Crippen LogP contribution in [0.2, 0.25) is 0 Å². The fourth-order valence-corrected chi connectivity index (χ4v) is 3.68. The predicted octanol–water partition coefficient (Wildman–Crippen LogP) is 0.534. The molecule has 2 heterocycles. The number of carbonyl (C=O) groups excluding carboxylic acids is 2. The number of piperazine rings is 1. The first-order valence-corrected chi connectivity index (χ1v) is 10.0. The van der Waals surface area contributed by atoms with E-state index in [-0.39, 0.29) is 35.8 Å². The standard InChI is InChI=1S/C19H36N6O2.HI/c1-16(26)24-9-5-17(6-10-24)15-21-19(20-2)25-13-11-23(12-14-25)8-7-18(27)22(3)4;/h17H,5-15H2,1-4H3,(H,20,21);1H. The third-order valence-electron chi connectivity index (χ3n) is 5.63. The van der Waals surface area contributed by atoms with Crippen molar-refractivity contribution in [2.45, 2.75) is 26.2 Å². The van der Waals surface area contributed by atoms with Crippen LogP contribution in [0.5, 0.6) is 0 Å². The van der Waals surface area contributed by atoms with Gasteiger partial charge in [-0.1, -0.05) is 0 Å². The molecule has 2 aliphatic heterocycles. The zero-order valence-electron chi connectivity index (χ0n) is 17.8. The van der Waals surface area contributed by atoms with Gasteiger partial charge in [0.2, 0.25) is 11.8 Å². The molecular weight excluding hydrogens is 471 g/mol. The van der Waals surface area contributed by atoms with Crippen LogP contribution in [-0.2, 0) is 9.59 Å². The number of rotatable bonds is 5. The van der Waals surface area contributed by atoms with Crippen molar-refractivity contribution < 1.29 is 9.59 Å². The number of piperidine rings is 1. The Balaban J connectivity index is 0.00000392. The van der Waals surface area contributed by atoms with Gasteiger partial charge in [0, 0.05) is 86.8 Å². The lowest BCUT2D eigenvalue weighted by Crippen LogP contribution is -2.53. The van der Waals surface area contributed by atoms with Crippen LogP contribution in [0.25, 0.3) is 0 Å². The Hall–Kier alpha value is -1.10. The van der Waals surface area contributed by atoms with E-state index < -0.39 is 0 Å². The molecular formula is C19H37IN6O2. The Bertz CT molecular complexity index is 527. The molecule has 2 fully saturated rings. The summed E-state index contributed by atoms with van der Waals surface area (Å²) in [6, 6.07) is 0. The summed E-state index contributed by atoms with van der Waals surface area (Å²) in [7, 11) is 5.45. The van der Waals surface area contributed by atoms with Gasteiger partial charge >= 0.3 is 0 Å². The molecule has 0 aromatic rings. The molecule has 162 valence electrons. The average molecular weight is 508 g/mol. The summed E-state index contributed by atoms with van der Waals surface area (Å²) in [5.41, 5.74) is 0. The maximum atomic E-state index is 11.7. The van der Waals surface area contributed by atoms with Crippen molar-refractivity contribution >= 4 is 41.8 Å².